The van der Waals surface area contributed by atoms with Crippen molar-refractivity contribution in [3.05, 3.63) is 54.0 Å². The normalized spacial score (nSPS) is 17.1. The number of halogens is 4. The van der Waals surface area contributed by atoms with E-state index in [1.807, 2.05) is 0 Å². The number of para-hydroxylation sites is 1. The molecule has 0 amide bonds. The number of ether oxygens (including phenoxy) is 1. The first-order valence-corrected chi connectivity index (χ1v) is 7.37. The van der Waals surface area contributed by atoms with Crippen molar-refractivity contribution >= 4 is 12.4 Å². The maximum absolute atomic E-state index is 12.7. The van der Waals surface area contributed by atoms with E-state index >= 15 is 0 Å². The Morgan fingerprint density at radius 2 is 1.79 bits per heavy atom. The van der Waals surface area contributed by atoms with E-state index in [9.17, 15) is 13.2 Å². The third kappa shape index (κ3) is 4.43. The molecule has 3 rings (SSSR count). The minimum absolute atomic E-state index is 0. The van der Waals surface area contributed by atoms with Crippen molar-refractivity contribution in [1.82, 2.24) is 10.2 Å². The van der Waals surface area contributed by atoms with E-state index in [-0.39, 0.29) is 18.2 Å². The molecule has 132 valence electrons. The van der Waals surface area contributed by atoms with Gasteiger partial charge in [0.25, 0.3) is 0 Å². The fourth-order valence-electron chi connectivity index (χ4n) is 2.84. The van der Waals surface area contributed by atoms with Crippen LogP contribution in [-0.2, 0) is 0 Å². The third-order valence-corrected chi connectivity index (χ3v) is 3.77. The molecule has 1 atom stereocenters. The smallest absolute Gasteiger partial charge is 0.467 e. The van der Waals surface area contributed by atoms with E-state index in [0.29, 0.717) is 24.4 Å². The fraction of sp³-hybridized carbons (Fsp3) is 0.375. The molecule has 1 aliphatic rings. The van der Waals surface area contributed by atoms with Crippen LogP contribution in [0.2, 0.25) is 0 Å². The molecule has 0 radical (unpaired) electrons. The third-order valence-electron chi connectivity index (χ3n) is 3.77. The van der Waals surface area contributed by atoms with Crippen molar-refractivity contribution in [3.8, 4) is 5.75 Å². The number of piperazine rings is 1. The first kappa shape index (κ1) is 18.6. The van der Waals surface area contributed by atoms with Gasteiger partial charge < -0.3 is 14.5 Å². The van der Waals surface area contributed by atoms with Crippen LogP contribution in [0.1, 0.15) is 17.4 Å². The number of furan rings is 1. The molecule has 1 aliphatic heterocycles. The molecule has 0 aliphatic carbocycles. The van der Waals surface area contributed by atoms with Gasteiger partial charge in [-0.3, -0.25) is 4.90 Å². The average molecular weight is 363 g/mol. The molecule has 2 aromatic rings. The maximum atomic E-state index is 12.7. The van der Waals surface area contributed by atoms with Gasteiger partial charge in [0, 0.05) is 31.7 Å². The van der Waals surface area contributed by atoms with Crippen molar-refractivity contribution in [1.29, 1.82) is 0 Å². The van der Waals surface area contributed by atoms with E-state index in [2.05, 4.69) is 15.0 Å². The van der Waals surface area contributed by atoms with Gasteiger partial charge in [-0.25, -0.2) is 0 Å². The number of nitrogens with one attached hydrogen (secondary N) is 1. The topological polar surface area (TPSA) is 37.6 Å². The lowest BCUT2D eigenvalue weighted by atomic mass is 10.0. The Labute approximate surface area is 144 Å². The maximum Gasteiger partial charge on any atom is 0.573 e. The van der Waals surface area contributed by atoms with Crippen LogP contribution in [0, 0.1) is 0 Å². The van der Waals surface area contributed by atoms with Crippen molar-refractivity contribution < 1.29 is 22.3 Å². The number of benzene rings is 1. The summed E-state index contributed by atoms with van der Waals surface area (Å²) in [6.45, 7) is 2.98. The zero-order valence-electron chi connectivity index (χ0n) is 12.8. The number of alkyl halides is 3. The summed E-state index contributed by atoms with van der Waals surface area (Å²) in [5.74, 6) is 0.407. The molecular formula is C16H18ClF3N2O2. The molecule has 4 nitrogen and oxygen atoms in total. The number of hydrogen-bond acceptors (Lipinski definition) is 4. The molecule has 8 heteroatoms. The van der Waals surface area contributed by atoms with Crippen LogP contribution in [0.5, 0.6) is 5.75 Å². The molecule has 0 unspecified atom stereocenters. The molecule has 0 spiro atoms. The van der Waals surface area contributed by atoms with Gasteiger partial charge in [0.05, 0.1) is 12.3 Å². The Kier molecular flexibility index (Phi) is 6.15. The Hall–Kier alpha value is -1.70. The van der Waals surface area contributed by atoms with E-state index in [0.717, 1.165) is 13.1 Å². The quantitative estimate of drug-likeness (QED) is 0.902. The Balaban J connectivity index is 0.00000208. The molecule has 0 bridgehead atoms. The van der Waals surface area contributed by atoms with Crippen LogP contribution >= 0.6 is 12.4 Å². The van der Waals surface area contributed by atoms with E-state index in [1.54, 1.807) is 24.3 Å². The highest BCUT2D eigenvalue weighted by atomic mass is 35.5. The van der Waals surface area contributed by atoms with E-state index in [4.69, 9.17) is 4.42 Å². The number of nitrogens with zero attached hydrogens (tertiary/aromatic N) is 1. The lowest BCUT2D eigenvalue weighted by Gasteiger charge is -2.34. The predicted octanol–water partition coefficient (Wildman–Crippen LogP) is 3.59. The second-order valence-electron chi connectivity index (χ2n) is 5.29. The predicted molar refractivity (Wildman–Crippen MR) is 85.4 cm³/mol. The first-order valence-electron chi connectivity index (χ1n) is 7.37. The molecule has 24 heavy (non-hydrogen) atoms. The molecule has 2 heterocycles. The fourth-order valence-corrected chi connectivity index (χ4v) is 2.84. The highest BCUT2D eigenvalue weighted by molar-refractivity contribution is 5.85. The lowest BCUT2D eigenvalue weighted by molar-refractivity contribution is -0.275. The minimum Gasteiger partial charge on any atom is -0.467 e. The molecule has 1 N–H and O–H groups in total. The summed E-state index contributed by atoms with van der Waals surface area (Å²) in [5.41, 5.74) is 0.446. The van der Waals surface area contributed by atoms with Crippen LogP contribution in [0.15, 0.2) is 47.1 Å². The standard InChI is InChI=1S/C16H17F3N2O2.ClH/c17-16(18,19)23-13-5-2-1-4-12(13)15(14-6-3-11-22-14)21-9-7-20-8-10-21;/h1-6,11,15,20H,7-10H2;1H/t15-;/m1./s1. The molecule has 1 saturated heterocycles. The second kappa shape index (κ2) is 7.92. The Morgan fingerprint density at radius 1 is 1.08 bits per heavy atom. The van der Waals surface area contributed by atoms with Crippen LogP contribution < -0.4 is 10.1 Å². The molecule has 1 fully saturated rings. The van der Waals surface area contributed by atoms with Gasteiger partial charge >= 0.3 is 6.36 Å². The summed E-state index contributed by atoms with van der Waals surface area (Å²) < 4.78 is 47.8. The van der Waals surface area contributed by atoms with Crippen LogP contribution in [-0.4, -0.2) is 37.4 Å². The zero-order chi connectivity index (χ0) is 16.3. The van der Waals surface area contributed by atoms with E-state index < -0.39 is 12.4 Å². The van der Waals surface area contributed by atoms with Crippen molar-refractivity contribution in [2.24, 2.45) is 0 Å². The summed E-state index contributed by atoms with van der Waals surface area (Å²) in [4.78, 5) is 2.09. The molecule has 0 saturated carbocycles. The number of rotatable bonds is 4. The SMILES string of the molecule is Cl.FC(F)(F)Oc1ccccc1[C@H](c1ccco1)N1CCNCC1. The van der Waals surface area contributed by atoms with Crippen molar-refractivity contribution in [3.63, 3.8) is 0 Å². The highest BCUT2D eigenvalue weighted by Gasteiger charge is 2.35. The van der Waals surface area contributed by atoms with E-state index in [1.165, 1.54) is 18.4 Å². The van der Waals surface area contributed by atoms with Crippen molar-refractivity contribution in [2.75, 3.05) is 26.2 Å². The van der Waals surface area contributed by atoms with Gasteiger partial charge in [0.15, 0.2) is 0 Å². The van der Waals surface area contributed by atoms with Gasteiger partial charge in [0.1, 0.15) is 11.5 Å². The molecular weight excluding hydrogens is 345 g/mol. The zero-order valence-corrected chi connectivity index (χ0v) is 13.6. The monoisotopic (exact) mass is 362 g/mol. The van der Waals surface area contributed by atoms with Crippen LogP contribution in [0.25, 0.3) is 0 Å². The van der Waals surface area contributed by atoms with Gasteiger partial charge in [-0.05, 0) is 18.2 Å². The molecule has 1 aromatic carbocycles. The van der Waals surface area contributed by atoms with Gasteiger partial charge in [-0.15, -0.1) is 25.6 Å². The largest absolute Gasteiger partial charge is 0.573 e. The summed E-state index contributed by atoms with van der Waals surface area (Å²) in [6.07, 6.45) is -3.20. The minimum atomic E-state index is -4.73. The summed E-state index contributed by atoms with van der Waals surface area (Å²) in [7, 11) is 0. The first-order chi connectivity index (χ1) is 11.0. The summed E-state index contributed by atoms with van der Waals surface area (Å²) >= 11 is 0. The van der Waals surface area contributed by atoms with Crippen LogP contribution in [0.4, 0.5) is 13.2 Å². The second-order valence-corrected chi connectivity index (χ2v) is 5.29. The van der Waals surface area contributed by atoms with Gasteiger partial charge in [0.2, 0.25) is 0 Å². The Bertz CT molecular complexity index is 629. The highest BCUT2D eigenvalue weighted by Crippen LogP contribution is 2.37. The summed E-state index contributed by atoms with van der Waals surface area (Å²) in [6, 6.07) is 9.32. The Morgan fingerprint density at radius 3 is 2.42 bits per heavy atom. The average Bonchev–Trinajstić information content (AvgIpc) is 3.03. The lowest BCUT2D eigenvalue weighted by Crippen LogP contribution is -2.45. The number of hydrogen-bond donors (Lipinski definition) is 1. The van der Waals surface area contributed by atoms with Gasteiger partial charge in [-0.2, -0.15) is 0 Å². The molecule has 1 aromatic heterocycles. The summed E-state index contributed by atoms with van der Waals surface area (Å²) in [5, 5.41) is 3.24. The van der Waals surface area contributed by atoms with Gasteiger partial charge in [-0.1, -0.05) is 18.2 Å². The van der Waals surface area contributed by atoms with Crippen molar-refractivity contribution in [2.45, 2.75) is 12.4 Å². The van der Waals surface area contributed by atoms with Crippen LogP contribution in [0.3, 0.4) is 0 Å².